The molecule has 1 heterocycles. The van der Waals surface area contributed by atoms with E-state index in [1.807, 2.05) is 6.92 Å². The van der Waals surface area contributed by atoms with Crippen molar-refractivity contribution in [3.63, 3.8) is 0 Å². The van der Waals surface area contributed by atoms with Gasteiger partial charge in [0.15, 0.2) is 0 Å². The van der Waals surface area contributed by atoms with E-state index in [1.165, 1.54) is 0 Å². The summed E-state index contributed by atoms with van der Waals surface area (Å²) in [6.45, 7) is 10.7. The second kappa shape index (κ2) is 6.54. The summed E-state index contributed by atoms with van der Waals surface area (Å²) in [5.41, 5.74) is 0.576. The number of rotatable bonds is 7. The van der Waals surface area contributed by atoms with Crippen molar-refractivity contribution >= 4 is 11.5 Å². The van der Waals surface area contributed by atoms with Gasteiger partial charge in [-0.25, -0.2) is 4.68 Å². The Balaban J connectivity index is 3.17. The number of aryl methyl sites for hydroxylation is 2. The highest BCUT2D eigenvalue weighted by Crippen LogP contribution is 2.30. The van der Waals surface area contributed by atoms with Gasteiger partial charge in [0.2, 0.25) is 5.82 Å². The summed E-state index contributed by atoms with van der Waals surface area (Å²) in [5.74, 6) is 0.958. The highest BCUT2D eigenvalue weighted by atomic mass is 16.6. The third-order valence-corrected chi connectivity index (χ3v) is 3.28. The van der Waals surface area contributed by atoms with Crippen molar-refractivity contribution in [2.24, 2.45) is 5.92 Å². The van der Waals surface area contributed by atoms with Crippen LogP contribution in [0.5, 0.6) is 0 Å². The predicted octanol–water partition coefficient (Wildman–Crippen LogP) is 3.36. The molecule has 108 valence electrons. The molecule has 0 aliphatic rings. The molecular weight excluding hydrogens is 244 g/mol. The Kier molecular flexibility index (Phi) is 5.32. The van der Waals surface area contributed by atoms with E-state index >= 15 is 0 Å². The standard InChI is InChI=1S/C13H24N4O2/c1-6-8-16-13(14-11(7-2)9(3)4)12(17(18)19)10(5)15-16/h9,11,14H,6-8H2,1-5H3. The molecule has 1 aromatic heterocycles. The van der Waals surface area contributed by atoms with Gasteiger partial charge in [-0.3, -0.25) is 10.1 Å². The fourth-order valence-electron chi connectivity index (χ4n) is 2.22. The fraction of sp³-hybridized carbons (Fsp3) is 0.769. The van der Waals surface area contributed by atoms with Gasteiger partial charge in [0.1, 0.15) is 5.69 Å². The smallest absolute Gasteiger partial charge is 0.333 e. The first-order valence-corrected chi connectivity index (χ1v) is 6.90. The summed E-state index contributed by atoms with van der Waals surface area (Å²) in [6.07, 6.45) is 1.82. The summed E-state index contributed by atoms with van der Waals surface area (Å²) in [4.78, 5) is 10.9. The quantitative estimate of drug-likeness (QED) is 0.608. The summed E-state index contributed by atoms with van der Waals surface area (Å²) < 4.78 is 1.72. The average molecular weight is 268 g/mol. The van der Waals surface area contributed by atoms with Crippen LogP contribution in [0.2, 0.25) is 0 Å². The Bertz CT molecular complexity index is 440. The van der Waals surface area contributed by atoms with Crippen molar-refractivity contribution in [3.8, 4) is 0 Å². The van der Waals surface area contributed by atoms with E-state index in [0.717, 1.165) is 12.8 Å². The number of hydrogen-bond acceptors (Lipinski definition) is 4. The number of nitrogens with one attached hydrogen (secondary N) is 1. The molecule has 0 amide bonds. The van der Waals surface area contributed by atoms with Crippen LogP contribution in [-0.2, 0) is 6.54 Å². The minimum atomic E-state index is -0.343. The van der Waals surface area contributed by atoms with E-state index in [1.54, 1.807) is 11.6 Å². The lowest BCUT2D eigenvalue weighted by Gasteiger charge is -2.21. The Hall–Kier alpha value is -1.59. The van der Waals surface area contributed by atoms with Crippen molar-refractivity contribution in [1.82, 2.24) is 9.78 Å². The van der Waals surface area contributed by atoms with Crippen LogP contribution in [0.3, 0.4) is 0 Å². The van der Waals surface area contributed by atoms with Crippen molar-refractivity contribution in [3.05, 3.63) is 15.8 Å². The van der Waals surface area contributed by atoms with E-state index in [0.29, 0.717) is 24.0 Å². The second-order valence-electron chi connectivity index (χ2n) is 5.17. The van der Waals surface area contributed by atoms with E-state index < -0.39 is 0 Å². The first kappa shape index (κ1) is 15.5. The maximum atomic E-state index is 11.2. The van der Waals surface area contributed by atoms with Gasteiger partial charge in [-0.05, 0) is 25.7 Å². The molecule has 0 saturated heterocycles. The molecule has 1 unspecified atom stereocenters. The Morgan fingerprint density at radius 2 is 2.05 bits per heavy atom. The lowest BCUT2D eigenvalue weighted by atomic mass is 10.0. The fourth-order valence-corrected chi connectivity index (χ4v) is 2.22. The third-order valence-electron chi connectivity index (χ3n) is 3.28. The molecule has 0 fully saturated rings. The highest BCUT2D eigenvalue weighted by Gasteiger charge is 2.27. The lowest BCUT2D eigenvalue weighted by molar-refractivity contribution is -0.384. The molecule has 1 N–H and O–H groups in total. The molecule has 0 saturated carbocycles. The van der Waals surface area contributed by atoms with E-state index in [-0.39, 0.29) is 16.7 Å². The van der Waals surface area contributed by atoms with Crippen molar-refractivity contribution < 1.29 is 4.92 Å². The third kappa shape index (κ3) is 3.45. The van der Waals surface area contributed by atoms with E-state index in [4.69, 9.17) is 0 Å². The molecule has 6 nitrogen and oxygen atoms in total. The number of anilines is 1. The SMILES string of the molecule is CCCn1nc(C)c([N+](=O)[O-])c1NC(CC)C(C)C. The summed E-state index contributed by atoms with van der Waals surface area (Å²) >= 11 is 0. The van der Waals surface area contributed by atoms with Crippen LogP contribution in [0.15, 0.2) is 0 Å². The van der Waals surface area contributed by atoms with Crippen molar-refractivity contribution in [2.45, 2.75) is 60.0 Å². The molecule has 0 radical (unpaired) electrons. The zero-order chi connectivity index (χ0) is 14.6. The minimum Gasteiger partial charge on any atom is -0.362 e. The van der Waals surface area contributed by atoms with Crippen LogP contribution < -0.4 is 5.32 Å². The predicted molar refractivity (Wildman–Crippen MR) is 76.4 cm³/mol. The first-order valence-electron chi connectivity index (χ1n) is 6.90. The van der Waals surface area contributed by atoms with Gasteiger partial charge < -0.3 is 5.32 Å². The van der Waals surface area contributed by atoms with E-state index in [9.17, 15) is 10.1 Å². The highest BCUT2D eigenvalue weighted by molar-refractivity contribution is 5.60. The van der Waals surface area contributed by atoms with E-state index in [2.05, 4.69) is 31.2 Å². The first-order chi connectivity index (χ1) is 8.92. The summed E-state index contributed by atoms with van der Waals surface area (Å²) in [7, 11) is 0. The molecule has 0 spiro atoms. The summed E-state index contributed by atoms with van der Waals surface area (Å²) in [5, 5.41) is 18.8. The van der Waals surface area contributed by atoms with Crippen LogP contribution in [-0.4, -0.2) is 20.7 Å². The Morgan fingerprint density at radius 3 is 2.47 bits per heavy atom. The number of nitro groups is 1. The molecule has 0 aliphatic carbocycles. The van der Waals surface area contributed by atoms with Crippen molar-refractivity contribution in [1.29, 1.82) is 0 Å². The second-order valence-corrected chi connectivity index (χ2v) is 5.17. The molecule has 0 aromatic carbocycles. The Morgan fingerprint density at radius 1 is 1.42 bits per heavy atom. The molecule has 0 bridgehead atoms. The van der Waals surface area contributed by atoms with Crippen molar-refractivity contribution in [2.75, 3.05) is 5.32 Å². The van der Waals surface area contributed by atoms with Crippen LogP contribution in [0.25, 0.3) is 0 Å². The number of nitrogens with zero attached hydrogens (tertiary/aromatic N) is 3. The Labute approximate surface area is 114 Å². The topological polar surface area (TPSA) is 73.0 Å². The molecule has 19 heavy (non-hydrogen) atoms. The zero-order valence-corrected chi connectivity index (χ0v) is 12.4. The number of hydrogen-bond donors (Lipinski definition) is 1. The average Bonchev–Trinajstić information content (AvgIpc) is 2.62. The van der Waals surface area contributed by atoms with Gasteiger partial charge in [0.05, 0.1) is 4.92 Å². The van der Waals surface area contributed by atoms with Gasteiger partial charge >= 0.3 is 5.69 Å². The molecule has 1 rings (SSSR count). The van der Waals surface area contributed by atoms with Gasteiger partial charge in [-0.1, -0.05) is 27.7 Å². The molecule has 1 atom stereocenters. The lowest BCUT2D eigenvalue weighted by Crippen LogP contribution is -2.26. The zero-order valence-electron chi connectivity index (χ0n) is 12.4. The largest absolute Gasteiger partial charge is 0.362 e. The van der Waals surface area contributed by atoms with Gasteiger partial charge in [0.25, 0.3) is 0 Å². The normalized spacial score (nSPS) is 12.7. The summed E-state index contributed by atoms with van der Waals surface area (Å²) in [6, 6.07) is 0.213. The maximum absolute atomic E-state index is 11.2. The van der Waals surface area contributed by atoms with Gasteiger partial charge in [-0.2, -0.15) is 5.10 Å². The molecule has 0 aliphatic heterocycles. The van der Waals surface area contributed by atoms with Crippen LogP contribution >= 0.6 is 0 Å². The van der Waals surface area contributed by atoms with Crippen LogP contribution in [0.4, 0.5) is 11.5 Å². The number of aromatic nitrogens is 2. The van der Waals surface area contributed by atoms with Crippen LogP contribution in [0.1, 0.15) is 46.2 Å². The van der Waals surface area contributed by atoms with Gasteiger partial charge in [-0.15, -0.1) is 0 Å². The minimum absolute atomic E-state index is 0.104. The molecule has 6 heteroatoms. The monoisotopic (exact) mass is 268 g/mol. The van der Waals surface area contributed by atoms with Gasteiger partial charge in [0, 0.05) is 12.6 Å². The maximum Gasteiger partial charge on any atom is 0.333 e. The van der Waals surface area contributed by atoms with Crippen LogP contribution in [0, 0.1) is 23.0 Å². The molecule has 1 aromatic rings. The molecular formula is C13H24N4O2.